The average molecular weight is 140 g/mol. The predicted molar refractivity (Wildman–Crippen MR) is 37.2 cm³/mol. The van der Waals surface area contributed by atoms with Crippen LogP contribution in [0.15, 0.2) is 11.6 Å². The van der Waals surface area contributed by atoms with Gasteiger partial charge >= 0.3 is 0 Å². The van der Waals surface area contributed by atoms with Gasteiger partial charge < -0.3 is 4.90 Å². The van der Waals surface area contributed by atoms with Crippen LogP contribution in [0.5, 0.6) is 0 Å². The van der Waals surface area contributed by atoms with Gasteiger partial charge in [0.15, 0.2) is 0 Å². The van der Waals surface area contributed by atoms with E-state index in [1.165, 1.54) is 0 Å². The lowest BCUT2D eigenvalue weighted by atomic mass is 10.4. The molecule has 0 bridgehead atoms. The minimum absolute atomic E-state index is 0.409. The molecule has 3 heteroatoms. The van der Waals surface area contributed by atoms with Crippen LogP contribution < -0.4 is 0 Å². The molecule has 0 saturated carbocycles. The Bertz CT molecular complexity index is 211. The largest absolute Gasteiger partial charge is 0.333 e. The Kier molecular flexibility index (Phi) is 0.436. The van der Waals surface area contributed by atoms with Crippen LogP contribution in [0, 0.1) is 0 Å². The van der Waals surface area contributed by atoms with Crippen molar-refractivity contribution in [3.8, 4) is 0 Å². The van der Waals surface area contributed by atoms with Crippen molar-refractivity contribution >= 4 is 11.9 Å². The summed E-state index contributed by atoms with van der Waals surface area (Å²) in [6, 6.07) is 0. The number of fused-ring (bicyclic) bond motifs is 2. The zero-order valence-corrected chi connectivity index (χ0v) is 6.27. The molecule has 0 N–H and O–H groups in total. The molecule has 2 fully saturated rings. The summed E-state index contributed by atoms with van der Waals surface area (Å²) >= 11 is 1.83. The van der Waals surface area contributed by atoms with E-state index in [9.17, 15) is 0 Å². The molecule has 2 atom stereocenters. The third-order valence-corrected chi connectivity index (χ3v) is 4.07. The summed E-state index contributed by atoms with van der Waals surface area (Å²) in [6.07, 6.45) is 2.19. The second-order valence-electron chi connectivity index (χ2n) is 3.10. The average Bonchev–Trinajstić information content (AvgIpc) is 2.54. The molecule has 0 aliphatic carbocycles. The zero-order valence-electron chi connectivity index (χ0n) is 5.46. The van der Waals surface area contributed by atoms with Gasteiger partial charge in [0, 0.05) is 11.6 Å². The van der Waals surface area contributed by atoms with Crippen LogP contribution in [0.1, 0.15) is 13.8 Å². The standard InChI is InChI=1S/C6H8N2S/c1-5-6(2)7(5)3-4-9-8(5)6/h3-4H,1-2H3. The van der Waals surface area contributed by atoms with Crippen molar-refractivity contribution < 1.29 is 0 Å². The molecule has 3 heterocycles. The topological polar surface area (TPSA) is 6.02 Å². The van der Waals surface area contributed by atoms with Crippen LogP contribution in [0.4, 0.5) is 0 Å². The molecule has 0 amide bonds. The highest BCUT2D eigenvalue weighted by Gasteiger charge is 2.93. The lowest BCUT2D eigenvalue weighted by molar-refractivity contribution is 0.266. The first kappa shape index (κ1) is 4.63. The highest BCUT2D eigenvalue weighted by molar-refractivity contribution is 8.00. The molecule has 0 spiro atoms. The molecule has 0 aromatic rings. The second kappa shape index (κ2) is 0.847. The summed E-state index contributed by atoms with van der Waals surface area (Å²) in [5.74, 6) is 0. The molecule has 0 radical (unpaired) electrons. The normalized spacial score (nSPS) is 65.6. The van der Waals surface area contributed by atoms with Crippen molar-refractivity contribution in [2.45, 2.75) is 25.2 Å². The maximum atomic E-state index is 2.42. The van der Waals surface area contributed by atoms with E-state index >= 15 is 0 Å². The van der Waals surface area contributed by atoms with Gasteiger partial charge in [-0.05, 0) is 25.8 Å². The second-order valence-corrected chi connectivity index (χ2v) is 3.94. The van der Waals surface area contributed by atoms with Crippen LogP contribution in [0.2, 0.25) is 0 Å². The summed E-state index contributed by atoms with van der Waals surface area (Å²) in [4.78, 5) is 2.39. The van der Waals surface area contributed by atoms with Crippen molar-refractivity contribution in [1.82, 2.24) is 9.21 Å². The highest BCUT2D eigenvalue weighted by atomic mass is 32.2. The summed E-state index contributed by atoms with van der Waals surface area (Å²) in [5, 5.41) is 2.14. The molecule has 48 valence electrons. The molecular weight excluding hydrogens is 132 g/mol. The number of rotatable bonds is 0. The monoisotopic (exact) mass is 140 g/mol. The van der Waals surface area contributed by atoms with E-state index in [0.29, 0.717) is 11.3 Å². The SMILES string of the molecule is CC12N3C=CSN1C32C. The van der Waals surface area contributed by atoms with Gasteiger partial charge in [-0.15, -0.1) is 0 Å². The van der Waals surface area contributed by atoms with E-state index in [1.807, 2.05) is 11.9 Å². The van der Waals surface area contributed by atoms with Gasteiger partial charge in [0.05, 0.1) is 0 Å². The van der Waals surface area contributed by atoms with Gasteiger partial charge in [0.1, 0.15) is 11.3 Å². The van der Waals surface area contributed by atoms with E-state index < -0.39 is 0 Å². The molecule has 3 aliphatic rings. The number of nitrogens with zero attached hydrogens (tertiary/aromatic N) is 2. The fourth-order valence-electron chi connectivity index (χ4n) is 1.96. The first-order chi connectivity index (χ1) is 4.22. The maximum Gasteiger partial charge on any atom is 0.142 e. The van der Waals surface area contributed by atoms with Crippen LogP contribution in [0.3, 0.4) is 0 Å². The lowest BCUT2D eigenvalue weighted by Crippen LogP contribution is -2.29. The fourth-order valence-corrected chi connectivity index (χ4v) is 3.14. The predicted octanol–water partition coefficient (Wildman–Crippen LogP) is 1.18. The summed E-state index contributed by atoms with van der Waals surface area (Å²) in [7, 11) is 0. The first-order valence-corrected chi connectivity index (χ1v) is 3.99. The first-order valence-electron chi connectivity index (χ1n) is 3.15. The van der Waals surface area contributed by atoms with Gasteiger partial charge in [0.2, 0.25) is 0 Å². The van der Waals surface area contributed by atoms with Crippen LogP contribution >= 0.6 is 11.9 Å². The maximum absolute atomic E-state index is 2.42. The van der Waals surface area contributed by atoms with Crippen molar-refractivity contribution in [2.24, 2.45) is 0 Å². The van der Waals surface area contributed by atoms with Crippen molar-refractivity contribution in [1.29, 1.82) is 0 Å². The smallest absolute Gasteiger partial charge is 0.142 e. The van der Waals surface area contributed by atoms with E-state index in [-0.39, 0.29) is 0 Å². The Hall–Kier alpha value is -0.150. The van der Waals surface area contributed by atoms with Gasteiger partial charge in [0.25, 0.3) is 0 Å². The Morgan fingerprint density at radius 3 is 2.22 bits per heavy atom. The molecule has 9 heavy (non-hydrogen) atoms. The number of hydrogen-bond donors (Lipinski definition) is 0. The van der Waals surface area contributed by atoms with Gasteiger partial charge in [-0.2, -0.15) is 4.31 Å². The van der Waals surface area contributed by atoms with Crippen molar-refractivity contribution in [3.63, 3.8) is 0 Å². The van der Waals surface area contributed by atoms with E-state index in [4.69, 9.17) is 0 Å². The summed E-state index contributed by atoms with van der Waals surface area (Å²) in [6.45, 7) is 4.56. The molecule has 0 aromatic carbocycles. The molecule has 3 rings (SSSR count). The minimum Gasteiger partial charge on any atom is -0.333 e. The quantitative estimate of drug-likeness (QED) is 0.368. The number of hydrogen-bond acceptors (Lipinski definition) is 3. The Morgan fingerprint density at radius 1 is 1.33 bits per heavy atom. The third kappa shape index (κ3) is 0.221. The highest BCUT2D eigenvalue weighted by Crippen LogP contribution is 2.77. The molecular formula is C6H8N2S. The molecule has 2 unspecified atom stereocenters. The third-order valence-electron chi connectivity index (χ3n) is 2.90. The Labute approximate surface area is 58.6 Å². The van der Waals surface area contributed by atoms with Crippen molar-refractivity contribution in [2.75, 3.05) is 0 Å². The Morgan fingerprint density at radius 2 is 2.00 bits per heavy atom. The lowest BCUT2D eigenvalue weighted by Gasteiger charge is -2.25. The summed E-state index contributed by atoms with van der Waals surface area (Å²) in [5.41, 5.74) is 0.818. The Balaban J connectivity index is 2.14. The fraction of sp³-hybridized carbons (Fsp3) is 0.667. The summed E-state index contributed by atoms with van der Waals surface area (Å²) < 4.78 is 2.42. The van der Waals surface area contributed by atoms with Gasteiger partial charge in [-0.25, -0.2) is 0 Å². The molecule has 2 saturated heterocycles. The molecule has 0 aromatic heterocycles. The minimum atomic E-state index is 0.409. The molecule has 2 nitrogen and oxygen atoms in total. The van der Waals surface area contributed by atoms with Gasteiger partial charge in [-0.3, -0.25) is 0 Å². The van der Waals surface area contributed by atoms with E-state index in [2.05, 4.69) is 34.7 Å². The van der Waals surface area contributed by atoms with Crippen LogP contribution in [-0.2, 0) is 0 Å². The molecule has 3 aliphatic heterocycles. The van der Waals surface area contributed by atoms with Gasteiger partial charge in [-0.1, -0.05) is 0 Å². The van der Waals surface area contributed by atoms with Crippen LogP contribution in [-0.4, -0.2) is 20.5 Å². The van der Waals surface area contributed by atoms with Crippen molar-refractivity contribution in [3.05, 3.63) is 11.6 Å². The zero-order chi connectivity index (χ0) is 6.28. The van der Waals surface area contributed by atoms with E-state index in [1.54, 1.807) is 0 Å². The van der Waals surface area contributed by atoms with Crippen LogP contribution in [0.25, 0.3) is 0 Å². The van der Waals surface area contributed by atoms with E-state index in [0.717, 1.165) is 0 Å².